The van der Waals surface area contributed by atoms with Gasteiger partial charge in [0, 0.05) is 0 Å². The molecular formula is C19H21Cl2NO3. The summed E-state index contributed by atoms with van der Waals surface area (Å²) >= 11 is 12.0. The van der Waals surface area contributed by atoms with Crippen LogP contribution in [0.4, 0.5) is 0 Å². The SMILES string of the molecule is CCOc1ccccc1OCC(=O)NC(C)(C)c1ccc(Cl)c(Cl)c1. The average molecular weight is 382 g/mol. The van der Waals surface area contributed by atoms with Crippen molar-refractivity contribution in [3.63, 3.8) is 0 Å². The number of hydrogen-bond acceptors (Lipinski definition) is 3. The van der Waals surface area contributed by atoms with E-state index in [1.165, 1.54) is 0 Å². The predicted octanol–water partition coefficient (Wildman–Crippen LogP) is 4.82. The largest absolute Gasteiger partial charge is 0.490 e. The smallest absolute Gasteiger partial charge is 0.258 e. The normalized spacial score (nSPS) is 11.1. The lowest BCUT2D eigenvalue weighted by atomic mass is 9.94. The number of para-hydroxylation sites is 2. The van der Waals surface area contributed by atoms with Gasteiger partial charge in [-0.25, -0.2) is 0 Å². The Morgan fingerprint density at radius 1 is 1.04 bits per heavy atom. The van der Waals surface area contributed by atoms with Crippen molar-refractivity contribution < 1.29 is 14.3 Å². The van der Waals surface area contributed by atoms with Gasteiger partial charge in [-0.15, -0.1) is 0 Å². The second-order valence-corrected chi connectivity index (χ2v) is 6.78. The minimum Gasteiger partial charge on any atom is -0.490 e. The molecule has 1 amide bonds. The predicted molar refractivity (Wildman–Crippen MR) is 101 cm³/mol. The van der Waals surface area contributed by atoms with Gasteiger partial charge in [-0.2, -0.15) is 0 Å². The summed E-state index contributed by atoms with van der Waals surface area (Å²) in [6, 6.07) is 12.5. The maximum absolute atomic E-state index is 12.3. The molecule has 0 atom stereocenters. The van der Waals surface area contributed by atoms with Crippen LogP contribution in [0, 0.1) is 0 Å². The van der Waals surface area contributed by atoms with Crippen LogP contribution in [0.1, 0.15) is 26.3 Å². The molecule has 4 nitrogen and oxygen atoms in total. The van der Waals surface area contributed by atoms with Crippen LogP contribution in [0.15, 0.2) is 42.5 Å². The number of carbonyl (C=O) groups excluding carboxylic acids is 1. The van der Waals surface area contributed by atoms with Crippen LogP contribution in [0.5, 0.6) is 11.5 Å². The highest BCUT2D eigenvalue weighted by molar-refractivity contribution is 6.42. The lowest BCUT2D eigenvalue weighted by molar-refractivity contribution is -0.124. The highest BCUT2D eigenvalue weighted by atomic mass is 35.5. The second-order valence-electron chi connectivity index (χ2n) is 5.97. The van der Waals surface area contributed by atoms with Gasteiger partial charge >= 0.3 is 0 Å². The fourth-order valence-corrected chi connectivity index (χ4v) is 2.63. The van der Waals surface area contributed by atoms with Crippen molar-refractivity contribution in [2.75, 3.05) is 13.2 Å². The van der Waals surface area contributed by atoms with E-state index in [0.29, 0.717) is 28.2 Å². The first-order chi connectivity index (χ1) is 11.8. The number of carbonyl (C=O) groups is 1. The zero-order valence-electron chi connectivity index (χ0n) is 14.4. The highest BCUT2D eigenvalue weighted by Crippen LogP contribution is 2.29. The molecular weight excluding hydrogens is 361 g/mol. The van der Waals surface area contributed by atoms with E-state index in [9.17, 15) is 4.79 Å². The summed E-state index contributed by atoms with van der Waals surface area (Å²) in [5, 5.41) is 3.86. The van der Waals surface area contributed by atoms with Gasteiger partial charge in [-0.3, -0.25) is 4.79 Å². The maximum atomic E-state index is 12.3. The van der Waals surface area contributed by atoms with Crippen molar-refractivity contribution in [3.8, 4) is 11.5 Å². The lowest BCUT2D eigenvalue weighted by Crippen LogP contribution is -2.43. The summed E-state index contributed by atoms with van der Waals surface area (Å²) in [7, 11) is 0. The number of nitrogens with one attached hydrogen (secondary N) is 1. The van der Waals surface area contributed by atoms with Gasteiger partial charge in [0.2, 0.25) is 0 Å². The van der Waals surface area contributed by atoms with Crippen LogP contribution in [0.25, 0.3) is 0 Å². The minimum atomic E-state index is -0.617. The van der Waals surface area contributed by atoms with Gasteiger partial charge in [0.25, 0.3) is 5.91 Å². The molecule has 2 aromatic rings. The van der Waals surface area contributed by atoms with Crippen molar-refractivity contribution in [1.82, 2.24) is 5.32 Å². The molecule has 0 aliphatic heterocycles. The molecule has 1 N–H and O–H groups in total. The maximum Gasteiger partial charge on any atom is 0.258 e. The van der Waals surface area contributed by atoms with E-state index in [0.717, 1.165) is 5.56 Å². The molecule has 0 fully saturated rings. The van der Waals surface area contributed by atoms with Gasteiger partial charge in [-0.05, 0) is 50.6 Å². The van der Waals surface area contributed by atoms with Gasteiger partial charge in [0.05, 0.1) is 22.2 Å². The van der Waals surface area contributed by atoms with Crippen LogP contribution in [-0.2, 0) is 10.3 Å². The van der Waals surface area contributed by atoms with Crippen molar-refractivity contribution in [2.24, 2.45) is 0 Å². The molecule has 25 heavy (non-hydrogen) atoms. The first kappa shape index (κ1) is 19.4. The van der Waals surface area contributed by atoms with Crippen LogP contribution < -0.4 is 14.8 Å². The molecule has 2 rings (SSSR count). The van der Waals surface area contributed by atoms with Crippen LogP contribution >= 0.6 is 23.2 Å². The van der Waals surface area contributed by atoms with E-state index in [1.807, 2.05) is 39.0 Å². The molecule has 0 radical (unpaired) electrons. The standard InChI is InChI=1S/C19H21Cl2NO3/c1-4-24-16-7-5-6-8-17(16)25-12-18(23)22-19(2,3)13-9-10-14(20)15(21)11-13/h5-11H,4,12H2,1-3H3,(H,22,23). The zero-order valence-corrected chi connectivity index (χ0v) is 15.9. The summed E-state index contributed by atoms with van der Waals surface area (Å²) in [4.78, 5) is 12.3. The summed E-state index contributed by atoms with van der Waals surface area (Å²) < 4.78 is 11.1. The van der Waals surface area contributed by atoms with E-state index < -0.39 is 5.54 Å². The average Bonchev–Trinajstić information content (AvgIpc) is 2.56. The monoisotopic (exact) mass is 381 g/mol. The zero-order chi connectivity index (χ0) is 18.4. The third kappa shape index (κ3) is 5.28. The molecule has 0 aromatic heterocycles. The van der Waals surface area contributed by atoms with E-state index >= 15 is 0 Å². The van der Waals surface area contributed by atoms with E-state index in [-0.39, 0.29) is 12.5 Å². The van der Waals surface area contributed by atoms with E-state index in [2.05, 4.69) is 5.32 Å². The highest BCUT2D eigenvalue weighted by Gasteiger charge is 2.24. The Labute approximate surface area is 158 Å². The summed E-state index contributed by atoms with van der Waals surface area (Å²) in [6.45, 7) is 6.08. The Balaban J connectivity index is 2.00. The first-order valence-electron chi connectivity index (χ1n) is 7.94. The van der Waals surface area contributed by atoms with Crippen molar-refractivity contribution in [3.05, 3.63) is 58.1 Å². The second kappa shape index (κ2) is 8.45. The molecule has 6 heteroatoms. The molecule has 0 spiro atoms. The number of amides is 1. The van der Waals surface area contributed by atoms with Gasteiger partial charge in [0.15, 0.2) is 18.1 Å². The molecule has 0 aliphatic rings. The lowest BCUT2D eigenvalue weighted by Gasteiger charge is -2.27. The number of ether oxygens (including phenoxy) is 2. The summed E-state index contributed by atoms with van der Waals surface area (Å²) in [6.07, 6.45) is 0. The third-order valence-corrected chi connectivity index (χ3v) is 4.34. The fraction of sp³-hybridized carbons (Fsp3) is 0.316. The van der Waals surface area contributed by atoms with Crippen LogP contribution in [0.2, 0.25) is 10.0 Å². The molecule has 0 heterocycles. The topological polar surface area (TPSA) is 47.6 Å². The van der Waals surface area contributed by atoms with Crippen molar-refractivity contribution in [1.29, 1.82) is 0 Å². The van der Waals surface area contributed by atoms with Crippen LogP contribution in [-0.4, -0.2) is 19.1 Å². The quantitative estimate of drug-likeness (QED) is 0.747. The molecule has 134 valence electrons. The Hall–Kier alpha value is -1.91. The number of benzene rings is 2. The van der Waals surface area contributed by atoms with Gasteiger partial charge < -0.3 is 14.8 Å². The molecule has 0 saturated heterocycles. The molecule has 0 saturated carbocycles. The molecule has 0 aliphatic carbocycles. The summed E-state index contributed by atoms with van der Waals surface area (Å²) in [5.74, 6) is 0.899. The summed E-state index contributed by atoms with van der Waals surface area (Å²) in [5.41, 5.74) is 0.235. The van der Waals surface area contributed by atoms with Crippen molar-refractivity contribution in [2.45, 2.75) is 26.3 Å². The Morgan fingerprint density at radius 3 is 2.28 bits per heavy atom. The van der Waals surface area contributed by atoms with Crippen LogP contribution in [0.3, 0.4) is 0 Å². The third-order valence-electron chi connectivity index (χ3n) is 3.60. The first-order valence-corrected chi connectivity index (χ1v) is 8.70. The van der Waals surface area contributed by atoms with E-state index in [1.54, 1.807) is 24.3 Å². The molecule has 0 bridgehead atoms. The fourth-order valence-electron chi connectivity index (χ4n) is 2.33. The number of halogens is 2. The van der Waals surface area contributed by atoms with E-state index in [4.69, 9.17) is 32.7 Å². The van der Waals surface area contributed by atoms with Gasteiger partial charge in [0.1, 0.15) is 0 Å². The Morgan fingerprint density at radius 2 is 1.68 bits per heavy atom. The minimum absolute atomic E-state index is 0.116. The Bertz CT molecular complexity index is 747. The van der Waals surface area contributed by atoms with Gasteiger partial charge in [-0.1, -0.05) is 41.4 Å². The Kier molecular flexibility index (Phi) is 6.57. The number of hydrogen-bond donors (Lipinski definition) is 1. The molecule has 0 unspecified atom stereocenters. The van der Waals surface area contributed by atoms with Crippen molar-refractivity contribution >= 4 is 29.1 Å². The molecule has 2 aromatic carbocycles. The number of rotatable bonds is 7.